The summed E-state index contributed by atoms with van der Waals surface area (Å²) >= 11 is 0. The van der Waals surface area contributed by atoms with Crippen LogP contribution in [0.4, 0.5) is 13.2 Å². The van der Waals surface area contributed by atoms with Crippen molar-refractivity contribution in [1.82, 2.24) is 5.32 Å². The quantitative estimate of drug-likeness (QED) is 0.722. The maximum Gasteiger partial charge on any atom is 0.390 e. The van der Waals surface area contributed by atoms with E-state index in [1.165, 1.54) is 12.8 Å². The first kappa shape index (κ1) is 12.8. The van der Waals surface area contributed by atoms with Gasteiger partial charge in [0.25, 0.3) is 0 Å². The van der Waals surface area contributed by atoms with Crippen LogP contribution in [0, 0.1) is 5.92 Å². The van der Waals surface area contributed by atoms with Crippen LogP contribution in [0.3, 0.4) is 0 Å². The molecule has 15 heavy (non-hydrogen) atoms. The van der Waals surface area contributed by atoms with Gasteiger partial charge in [-0.25, -0.2) is 0 Å². The molecule has 2 atom stereocenters. The molecule has 1 N–H and O–H groups in total. The second-order valence-corrected chi connectivity index (χ2v) is 4.54. The van der Waals surface area contributed by atoms with Crippen molar-refractivity contribution in [3.8, 4) is 0 Å². The van der Waals surface area contributed by atoms with Gasteiger partial charge in [-0.1, -0.05) is 26.2 Å². The highest BCUT2D eigenvalue weighted by Gasteiger charge is 2.27. The van der Waals surface area contributed by atoms with Crippen molar-refractivity contribution in [3.05, 3.63) is 0 Å². The zero-order valence-electron chi connectivity index (χ0n) is 9.24. The standard InChI is InChI=1S/C11H20F3N/c1-9-5-3-2-4-6-10(9)15-8-7-11(12,13)14/h9-10,15H,2-8H2,1H3. The number of nitrogens with one attached hydrogen (secondary N) is 1. The van der Waals surface area contributed by atoms with Gasteiger partial charge in [-0.2, -0.15) is 13.2 Å². The van der Waals surface area contributed by atoms with Crippen molar-refractivity contribution >= 4 is 0 Å². The van der Waals surface area contributed by atoms with Crippen LogP contribution >= 0.6 is 0 Å². The van der Waals surface area contributed by atoms with Gasteiger partial charge in [0.1, 0.15) is 0 Å². The largest absolute Gasteiger partial charge is 0.390 e. The summed E-state index contributed by atoms with van der Waals surface area (Å²) in [5.74, 6) is 0.515. The van der Waals surface area contributed by atoms with Crippen molar-refractivity contribution in [1.29, 1.82) is 0 Å². The zero-order chi connectivity index (χ0) is 11.3. The minimum atomic E-state index is -4.03. The second kappa shape index (κ2) is 5.73. The maximum absolute atomic E-state index is 11.9. The van der Waals surface area contributed by atoms with E-state index < -0.39 is 12.6 Å². The summed E-state index contributed by atoms with van der Waals surface area (Å²) in [6.45, 7) is 2.20. The van der Waals surface area contributed by atoms with Crippen LogP contribution in [0.2, 0.25) is 0 Å². The van der Waals surface area contributed by atoms with Crippen molar-refractivity contribution in [2.24, 2.45) is 5.92 Å². The Morgan fingerprint density at radius 1 is 1.13 bits per heavy atom. The zero-order valence-corrected chi connectivity index (χ0v) is 9.24. The topological polar surface area (TPSA) is 12.0 Å². The molecule has 0 amide bonds. The fourth-order valence-corrected chi connectivity index (χ4v) is 2.20. The number of hydrogen-bond acceptors (Lipinski definition) is 1. The van der Waals surface area contributed by atoms with E-state index >= 15 is 0 Å². The number of halogens is 3. The van der Waals surface area contributed by atoms with E-state index in [0.717, 1.165) is 19.3 Å². The summed E-state index contributed by atoms with van der Waals surface area (Å²) in [7, 11) is 0. The van der Waals surface area contributed by atoms with Crippen LogP contribution in [0.5, 0.6) is 0 Å². The Labute approximate surface area is 89.4 Å². The lowest BCUT2D eigenvalue weighted by atomic mass is 9.97. The van der Waals surface area contributed by atoms with Crippen LogP contribution in [-0.2, 0) is 0 Å². The monoisotopic (exact) mass is 223 g/mol. The molecule has 0 aromatic carbocycles. The molecule has 1 saturated carbocycles. The summed E-state index contributed by atoms with van der Waals surface area (Å²) in [5, 5.41) is 3.05. The Morgan fingerprint density at radius 2 is 1.80 bits per heavy atom. The molecule has 1 rings (SSSR count). The van der Waals surface area contributed by atoms with E-state index in [4.69, 9.17) is 0 Å². The Kier molecular flexibility index (Phi) is 4.90. The normalized spacial score (nSPS) is 28.8. The molecule has 90 valence electrons. The summed E-state index contributed by atoms with van der Waals surface area (Å²) in [6.07, 6.45) is 1.02. The van der Waals surface area contributed by atoms with Gasteiger partial charge in [0.05, 0.1) is 6.42 Å². The minimum absolute atomic E-state index is 0.0680. The summed E-state index contributed by atoms with van der Waals surface area (Å²) < 4.78 is 35.8. The van der Waals surface area contributed by atoms with Gasteiger partial charge in [-0.15, -0.1) is 0 Å². The fourth-order valence-electron chi connectivity index (χ4n) is 2.20. The van der Waals surface area contributed by atoms with Crippen molar-refractivity contribution in [3.63, 3.8) is 0 Å². The first-order valence-corrected chi connectivity index (χ1v) is 5.79. The molecule has 1 aliphatic carbocycles. The molecule has 1 nitrogen and oxygen atoms in total. The van der Waals surface area contributed by atoms with E-state index in [-0.39, 0.29) is 12.6 Å². The molecule has 0 saturated heterocycles. The summed E-state index contributed by atoms with van der Waals surface area (Å²) in [4.78, 5) is 0. The van der Waals surface area contributed by atoms with Gasteiger partial charge < -0.3 is 5.32 Å². The lowest BCUT2D eigenvalue weighted by Gasteiger charge is -2.23. The van der Waals surface area contributed by atoms with E-state index in [2.05, 4.69) is 12.2 Å². The van der Waals surface area contributed by atoms with Gasteiger partial charge in [0.2, 0.25) is 0 Å². The average molecular weight is 223 g/mol. The Hall–Kier alpha value is -0.250. The first-order chi connectivity index (χ1) is 6.99. The van der Waals surface area contributed by atoms with Crippen LogP contribution in [0.25, 0.3) is 0 Å². The third-order valence-electron chi connectivity index (χ3n) is 3.18. The number of rotatable bonds is 3. The Balaban J connectivity index is 2.23. The molecule has 4 heteroatoms. The van der Waals surface area contributed by atoms with E-state index in [1.807, 2.05) is 0 Å². The fraction of sp³-hybridized carbons (Fsp3) is 1.00. The Morgan fingerprint density at radius 3 is 2.47 bits per heavy atom. The van der Waals surface area contributed by atoms with Crippen molar-refractivity contribution in [2.45, 2.75) is 57.7 Å². The molecule has 0 spiro atoms. The maximum atomic E-state index is 11.9. The Bertz CT molecular complexity index is 179. The number of hydrogen-bond donors (Lipinski definition) is 1. The van der Waals surface area contributed by atoms with E-state index in [0.29, 0.717) is 5.92 Å². The summed E-state index contributed by atoms with van der Waals surface area (Å²) in [6, 6.07) is 0.287. The molecule has 0 heterocycles. The highest BCUT2D eigenvalue weighted by atomic mass is 19.4. The van der Waals surface area contributed by atoms with Gasteiger partial charge in [-0.05, 0) is 18.8 Å². The third-order valence-corrected chi connectivity index (χ3v) is 3.18. The van der Waals surface area contributed by atoms with Gasteiger partial charge >= 0.3 is 6.18 Å². The summed E-state index contributed by atoms with van der Waals surface area (Å²) in [5.41, 5.74) is 0. The second-order valence-electron chi connectivity index (χ2n) is 4.54. The van der Waals surface area contributed by atoms with Crippen LogP contribution in [-0.4, -0.2) is 18.8 Å². The van der Waals surface area contributed by atoms with E-state index in [1.54, 1.807) is 0 Å². The lowest BCUT2D eigenvalue weighted by molar-refractivity contribution is -0.133. The molecule has 2 unspecified atom stereocenters. The molecular formula is C11H20F3N. The van der Waals surface area contributed by atoms with E-state index in [9.17, 15) is 13.2 Å². The average Bonchev–Trinajstić information content (AvgIpc) is 2.30. The van der Waals surface area contributed by atoms with Crippen molar-refractivity contribution in [2.75, 3.05) is 6.54 Å². The lowest BCUT2D eigenvalue weighted by Crippen LogP contribution is -2.36. The molecule has 0 aromatic rings. The van der Waals surface area contributed by atoms with Gasteiger partial charge in [0, 0.05) is 12.6 Å². The molecular weight excluding hydrogens is 203 g/mol. The van der Waals surface area contributed by atoms with Crippen LogP contribution in [0.1, 0.15) is 45.4 Å². The molecule has 0 aliphatic heterocycles. The SMILES string of the molecule is CC1CCCCCC1NCCC(F)(F)F. The van der Waals surface area contributed by atoms with Gasteiger partial charge in [-0.3, -0.25) is 0 Å². The predicted octanol–water partition coefficient (Wildman–Crippen LogP) is 3.50. The third kappa shape index (κ3) is 5.40. The first-order valence-electron chi connectivity index (χ1n) is 5.79. The van der Waals surface area contributed by atoms with Crippen LogP contribution in [0.15, 0.2) is 0 Å². The van der Waals surface area contributed by atoms with Gasteiger partial charge in [0.15, 0.2) is 0 Å². The predicted molar refractivity (Wildman–Crippen MR) is 54.7 cm³/mol. The molecule has 0 radical (unpaired) electrons. The smallest absolute Gasteiger partial charge is 0.313 e. The number of alkyl halides is 3. The van der Waals surface area contributed by atoms with Crippen LogP contribution < -0.4 is 5.32 Å². The molecule has 1 aliphatic rings. The molecule has 1 fully saturated rings. The van der Waals surface area contributed by atoms with Crippen molar-refractivity contribution < 1.29 is 13.2 Å². The highest BCUT2D eigenvalue weighted by molar-refractivity contribution is 4.76. The minimum Gasteiger partial charge on any atom is -0.313 e. The highest BCUT2D eigenvalue weighted by Crippen LogP contribution is 2.24. The molecule has 0 bridgehead atoms. The molecule has 0 aromatic heterocycles.